The highest BCUT2D eigenvalue weighted by atomic mass is 16.5. The van der Waals surface area contributed by atoms with Crippen LogP contribution in [0.25, 0.3) is 0 Å². The van der Waals surface area contributed by atoms with E-state index in [1.165, 1.54) is 6.42 Å². The first-order chi connectivity index (χ1) is 8.24. The van der Waals surface area contributed by atoms with Crippen molar-refractivity contribution in [2.24, 2.45) is 0 Å². The maximum absolute atomic E-state index is 5.92. The second kappa shape index (κ2) is 5.92. The number of nitrogens with one attached hydrogen (secondary N) is 2. The lowest BCUT2D eigenvalue weighted by Gasteiger charge is -2.24. The molecule has 0 spiro atoms. The van der Waals surface area contributed by atoms with Crippen LogP contribution in [0.1, 0.15) is 26.7 Å². The molecular weight excluding hydrogens is 212 g/mol. The Morgan fingerprint density at radius 2 is 2.06 bits per heavy atom. The molecule has 0 aromatic heterocycles. The van der Waals surface area contributed by atoms with Gasteiger partial charge in [-0.25, -0.2) is 0 Å². The average Bonchev–Trinajstić information content (AvgIpc) is 2.32. The first-order valence-corrected chi connectivity index (χ1v) is 6.48. The lowest BCUT2D eigenvalue weighted by atomic mass is 10.1. The maximum Gasteiger partial charge on any atom is 0.119 e. The van der Waals surface area contributed by atoms with Gasteiger partial charge in [0.25, 0.3) is 0 Å². The summed E-state index contributed by atoms with van der Waals surface area (Å²) in [7, 11) is 0. The molecule has 1 atom stereocenters. The third kappa shape index (κ3) is 3.93. The normalized spacial score (nSPS) is 20.3. The summed E-state index contributed by atoms with van der Waals surface area (Å²) < 4.78 is 5.92. The Hall–Kier alpha value is -1.22. The van der Waals surface area contributed by atoms with Crippen molar-refractivity contribution in [2.75, 3.05) is 18.4 Å². The number of rotatable bonds is 4. The minimum Gasteiger partial charge on any atom is -0.489 e. The van der Waals surface area contributed by atoms with E-state index >= 15 is 0 Å². The Kier molecular flexibility index (Phi) is 4.26. The Morgan fingerprint density at radius 1 is 1.29 bits per heavy atom. The summed E-state index contributed by atoms with van der Waals surface area (Å²) >= 11 is 0. The van der Waals surface area contributed by atoms with Gasteiger partial charge in [0.15, 0.2) is 0 Å². The predicted molar refractivity (Wildman–Crippen MR) is 71.7 cm³/mol. The fraction of sp³-hybridized carbons (Fsp3) is 0.571. The molecule has 0 saturated carbocycles. The summed E-state index contributed by atoms with van der Waals surface area (Å²) in [6.07, 6.45) is 2.68. The van der Waals surface area contributed by atoms with Crippen molar-refractivity contribution in [1.29, 1.82) is 0 Å². The Balaban J connectivity index is 1.88. The van der Waals surface area contributed by atoms with Crippen LogP contribution in [0, 0.1) is 0 Å². The lowest BCUT2D eigenvalue weighted by molar-refractivity contribution is 0.167. The van der Waals surface area contributed by atoms with Gasteiger partial charge in [0.2, 0.25) is 0 Å². The molecule has 2 N–H and O–H groups in total. The van der Waals surface area contributed by atoms with E-state index in [1.807, 2.05) is 12.1 Å². The quantitative estimate of drug-likeness (QED) is 0.840. The SMILES string of the molecule is CC(C)Nc1ccc(OC2CCCNC2)cc1. The zero-order valence-corrected chi connectivity index (χ0v) is 10.7. The Morgan fingerprint density at radius 3 is 2.65 bits per heavy atom. The van der Waals surface area contributed by atoms with Crippen molar-refractivity contribution in [3.8, 4) is 5.75 Å². The van der Waals surface area contributed by atoms with Crippen LogP contribution in [0.2, 0.25) is 0 Å². The molecule has 1 aliphatic heterocycles. The number of ether oxygens (including phenoxy) is 1. The van der Waals surface area contributed by atoms with Crippen LogP contribution in [0.15, 0.2) is 24.3 Å². The molecule has 3 nitrogen and oxygen atoms in total. The van der Waals surface area contributed by atoms with Crippen LogP contribution < -0.4 is 15.4 Å². The first-order valence-electron chi connectivity index (χ1n) is 6.48. The third-order valence-corrected chi connectivity index (χ3v) is 2.86. The monoisotopic (exact) mass is 234 g/mol. The molecule has 1 aromatic rings. The topological polar surface area (TPSA) is 33.3 Å². The molecule has 2 rings (SSSR count). The van der Waals surface area contributed by atoms with Crippen molar-refractivity contribution in [1.82, 2.24) is 5.32 Å². The number of anilines is 1. The van der Waals surface area contributed by atoms with Gasteiger partial charge in [-0.05, 0) is 57.5 Å². The van der Waals surface area contributed by atoms with E-state index in [2.05, 4.69) is 36.6 Å². The van der Waals surface area contributed by atoms with E-state index in [4.69, 9.17) is 4.74 Å². The number of benzene rings is 1. The maximum atomic E-state index is 5.92. The van der Waals surface area contributed by atoms with Crippen LogP contribution in [0.3, 0.4) is 0 Å². The minimum atomic E-state index is 0.327. The van der Waals surface area contributed by atoms with E-state index in [-0.39, 0.29) is 0 Å². The van der Waals surface area contributed by atoms with Crippen molar-refractivity contribution in [3.63, 3.8) is 0 Å². The molecule has 3 heteroatoms. The molecule has 1 heterocycles. The zero-order valence-electron chi connectivity index (χ0n) is 10.7. The number of hydrogen-bond acceptors (Lipinski definition) is 3. The Bertz CT molecular complexity index is 329. The smallest absolute Gasteiger partial charge is 0.119 e. The van der Waals surface area contributed by atoms with Crippen LogP contribution in [-0.2, 0) is 0 Å². The highest BCUT2D eigenvalue weighted by molar-refractivity contribution is 5.46. The second-order valence-electron chi connectivity index (χ2n) is 4.91. The van der Waals surface area contributed by atoms with Crippen molar-refractivity contribution in [3.05, 3.63) is 24.3 Å². The van der Waals surface area contributed by atoms with Crippen LogP contribution in [0.5, 0.6) is 5.75 Å². The van der Waals surface area contributed by atoms with Crippen LogP contribution in [0.4, 0.5) is 5.69 Å². The molecule has 94 valence electrons. The largest absolute Gasteiger partial charge is 0.489 e. The highest BCUT2D eigenvalue weighted by Gasteiger charge is 2.13. The van der Waals surface area contributed by atoms with Crippen molar-refractivity contribution in [2.45, 2.75) is 38.8 Å². The molecule has 1 aromatic carbocycles. The molecule has 0 radical (unpaired) electrons. The summed E-state index contributed by atoms with van der Waals surface area (Å²) in [6.45, 7) is 6.36. The predicted octanol–water partition coefficient (Wildman–Crippen LogP) is 2.64. The van der Waals surface area contributed by atoms with Crippen LogP contribution >= 0.6 is 0 Å². The molecule has 0 aliphatic carbocycles. The van der Waals surface area contributed by atoms with Gasteiger partial charge < -0.3 is 15.4 Å². The highest BCUT2D eigenvalue weighted by Crippen LogP contribution is 2.19. The average molecular weight is 234 g/mol. The van der Waals surface area contributed by atoms with E-state index in [0.29, 0.717) is 12.1 Å². The van der Waals surface area contributed by atoms with Gasteiger partial charge in [-0.3, -0.25) is 0 Å². The first kappa shape index (κ1) is 12.2. The van der Waals surface area contributed by atoms with Gasteiger partial charge in [-0.15, -0.1) is 0 Å². The molecular formula is C14H22N2O. The number of piperidine rings is 1. The summed E-state index contributed by atoms with van der Waals surface area (Å²) in [6, 6.07) is 8.69. The van der Waals surface area contributed by atoms with Crippen LogP contribution in [-0.4, -0.2) is 25.2 Å². The standard InChI is InChI=1S/C14H22N2O/c1-11(2)16-12-5-7-13(8-6-12)17-14-4-3-9-15-10-14/h5-8,11,14-16H,3-4,9-10H2,1-2H3. The lowest BCUT2D eigenvalue weighted by Crippen LogP contribution is -2.37. The molecule has 1 unspecified atom stereocenters. The molecule has 0 bridgehead atoms. The number of hydrogen-bond donors (Lipinski definition) is 2. The molecule has 1 fully saturated rings. The van der Waals surface area contributed by atoms with E-state index in [1.54, 1.807) is 0 Å². The molecule has 1 saturated heterocycles. The summed E-state index contributed by atoms with van der Waals surface area (Å²) in [5.41, 5.74) is 1.15. The van der Waals surface area contributed by atoms with E-state index < -0.39 is 0 Å². The molecule has 0 amide bonds. The summed E-state index contributed by atoms with van der Waals surface area (Å²) in [5, 5.41) is 6.72. The zero-order chi connectivity index (χ0) is 12.1. The minimum absolute atomic E-state index is 0.327. The van der Waals surface area contributed by atoms with Gasteiger partial charge in [-0.2, -0.15) is 0 Å². The van der Waals surface area contributed by atoms with E-state index in [0.717, 1.165) is 30.9 Å². The van der Waals surface area contributed by atoms with E-state index in [9.17, 15) is 0 Å². The van der Waals surface area contributed by atoms with Gasteiger partial charge in [0, 0.05) is 18.3 Å². The van der Waals surface area contributed by atoms with Gasteiger partial charge in [0.1, 0.15) is 11.9 Å². The molecule has 17 heavy (non-hydrogen) atoms. The van der Waals surface area contributed by atoms with Crippen molar-refractivity contribution < 1.29 is 4.74 Å². The Labute approximate surface area is 104 Å². The van der Waals surface area contributed by atoms with Gasteiger partial charge >= 0.3 is 0 Å². The fourth-order valence-corrected chi connectivity index (χ4v) is 2.08. The fourth-order valence-electron chi connectivity index (χ4n) is 2.08. The second-order valence-corrected chi connectivity index (χ2v) is 4.91. The van der Waals surface area contributed by atoms with Gasteiger partial charge in [0.05, 0.1) is 0 Å². The van der Waals surface area contributed by atoms with Gasteiger partial charge in [-0.1, -0.05) is 0 Å². The molecule has 1 aliphatic rings. The summed E-state index contributed by atoms with van der Waals surface area (Å²) in [4.78, 5) is 0. The summed E-state index contributed by atoms with van der Waals surface area (Å²) in [5.74, 6) is 0.966. The van der Waals surface area contributed by atoms with Crippen molar-refractivity contribution >= 4 is 5.69 Å². The third-order valence-electron chi connectivity index (χ3n) is 2.86.